The lowest BCUT2D eigenvalue weighted by atomic mass is 10.00. The number of rotatable bonds is 4. The van der Waals surface area contributed by atoms with Crippen molar-refractivity contribution < 1.29 is 22.8 Å². The van der Waals surface area contributed by atoms with Gasteiger partial charge in [0.25, 0.3) is 0 Å². The highest BCUT2D eigenvalue weighted by Crippen LogP contribution is 2.46. The lowest BCUT2D eigenvalue weighted by Gasteiger charge is -2.39. The molecule has 0 bridgehead atoms. The molecule has 5 nitrogen and oxygen atoms in total. The number of alkyl halides is 3. The Kier molecular flexibility index (Phi) is 5.96. The van der Waals surface area contributed by atoms with E-state index in [1.807, 2.05) is 24.3 Å². The van der Waals surface area contributed by atoms with Crippen LogP contribution in [0.25, 0.3) is 0 Å². The van der Waals surface area contributed by atoms with Crippen LogP contribution in [-0.4, -0.2) is 42.4 Å². The molecule has 2 aliphatic heterocycles. The van der Waals surface area contributed by atoms with Crippen molar-refractivity contribution in [2.24, 2.45) is 0 Å². The van der Waals surface area contributed by atoms with E-state index in [9.17, 15) is 22.8 Å². The van der Waals surface area contributed by atoms with Crippen LogP contribution in [0.5, 0.6) is 0 Å². The summed E-state index contributed by atoms with van der Waals surface area (Å²) in [5, 5.41) is 2.89. The number of nitrogens with one attached hydrogen (secondary N) is 1. The highest BCUT2D eigenvalue weighted by atomic mass is 79.9. The van der Waals surface area contributed by atoms with E-state index in [2.05, 4.69) is 21.2 Å². The number of hydrogen-bond acceptors (Lipinski definition) is 4. The SMILES string of the molecule is O=CC1Nc2cccc(C(F)(F)F)c2N1C1CCN(C(=O)Cc2ccc(Br)cc2)CC1. The number of amides is 1. The number of likely N-dealkylation sites (tertiary alicyclic amines) is 1. The van der Waals surface area contributed by atoms with Gasteiger partial charge in [0.1, 0.15) is 0 Å². The van der Waals surface area contributed by atoms with E-state index >= 15 is 0 Å². The van der Waals surface area contributed by atoms with Gasteiger partial charge in [-0.3, -0.25) is 9.59 Å². The number of para-hydroxylation sites is 1. The summed E-state index contributed by atoms with van der Waals surface area (Å²) in [6.45, 7) is 0.872. The van der Waals surface area contributed by atoms with Crippen molar-refractivity contribution >= 4 is 39.5 Å². The molecule has 1 N–H and O–H groups in total. The Morgan fingerprint density at radius 2 is 1.81 bits per heavy atom. The van der Waals surface area contributed by atoms with Crippen molar-refractivity contribution in [2.75, 3.05) is 23.3 Å². The van der Waals surface area contributed by atoms with Crippen molar-refractivity contribution in [2.45, 2.75) is 37.6 Å². The van der Waals surface area contributed by atoms with Gasteiger partial charge in [-0.25, -0.2) is 0 Å². The molecule has 4 rings (SSSR count). The third-order valence-electron chi connectivity index (χ3n) is 5.81. The average molecular weight is 496 g/mol. The molecule has 31 heavy (non-hydrogen) atoms. The third kappa shape index (κ3) is 4.42. The molecule has 1 unspecified atom stereocenters. The minimum atomic E-state index is -4.52. The first kappa shape index (κ1) is 21.7. The number of carbonyl (C=O) groups excluding carboxylic acids is 2. The molecule has 0 radical (unpaired) electrons. The van der Waals surface area contributed by atoms with Crippen LogP contribution in [0, 0.1) is 0 Å². The quantitative estimate of drug-likeness (QED) is 0.636. The number of fused-ring (bicyclic) bond motifs is 1. The smallest absolute Gasteiger partial charge is 0.358 e. The second-order valence-corrected chi connectivity index (χ2v) is 8.66. The van der Waals surface area contributed by atoms with Gasteiger partial charge in [0.2, 0.25) is 5.91 Å². The van der Waals surface area contributed by atoms with Crippen LogP contribution in [0.15, 0.2) is 46.9 Å². The van der Waals surface area contributed by atoms with Crippen molar-refractivity contribution in [3.8, 4) is 0 Å². The second kappa shape index (κ2) is 8.53. The second-order valence-electron chi connectivity index (χ2n) is 7.75. The molecule has 1 fully saturated rings. The van der Waals surface area contributed by atoms with E-state index in [0.29, 0.717) is 37.9 Å². The molecule has 0 spiro atoms. The summed E-state index contributed by atoms with van der Waals surface area (Å²) < 4.78 is 41.8. The maximum absolute atomic E-state index is 13.6. The molecule has 2 aromatic carbocycles. The predicted octanol–water partition coefficient (Wildman–Crippen LogP) is 4.46. The molecule has 1 saturated heterocycles. The summed E-state index contributed by atoms with van der Waals surface area (Å²) >= 11 is 3.37. The zero-order valence-electron chi connectivity index (χ0n) is 16.5. The first-order chi connectivity index (χ1) is 14.8. The van der Waals surface area contributed by atoms with Crippen molar-refractivity contribution in [1.29, 1.82) is 0 Å². The minimum absolute atomic E-state index is 0.0105. The van der Waals surface area contributed by atoms with Crippen LogP contribution in [0.3, 0.4) is 0 Å². The number of nitrogens with zero attached hydrogens (tertiary/aromatic N) is 2. The lowest BCUT2D eigenvalue weighted by molar-refractivity contribution is -0.137. The summed E-state index contributed by atoms with van der Waals surface area (Å²) in [6, 6.07) is 11.2. The van der Waals surface area contributed by atoms with E-state index in [0.717, 1.165) is 16.1 Å². The largest absolute Gasteiger partial charge is 0.418 e. The van der Waals surface area contributed by atoms with Crippen LogP contribution in [0.1, 0.15) is 24.0 Å². The molecule has 1 amide bonds. The third-order valence-corrected chi connectivity index (χ3v) is 6.34. The summed E-state index contributed by atoms with van der Waals surface area (Å²) in [7, 11) is 0. The molecule has 2 heterocycles. The maximum Gasteiger partial charge on any atom is 0.418 e. The van der Waals surface area contributed by atoms with Crippen LogP contribution in [0.2, 0.25) is 0 Å². The Bertz CT molecular complexity index is 973. The van der Waals surface area contributed by atoms with Crippen molar-refractivity contribution in [3.05, 3.63) is 58.1 Å². The number of benzene rings is 2. The zero-order chi connectivity index (χ0) is 22.2. The molecule has 164 valence electrons. The molecule has 0 saturated carbocycles. The molecule has 0 aliphatic carbocycles. The minimum Gasteiger partial charge on any atom is -0.358 e. The van der Waals surface area contributed by atoms with Gasteiger partial charge in [-0.05, 0) is 42.7 Å². The standard InChI is InChI=1S/C22H21BrF3N3O2/c23-15-6-4-14(5-7-15)12-20(31)28-10-8-16(9-11-28)29-19(13-30)27-18-3-1-2-17(21(18)29)22(24,25)26/h1-7,13,16,19,27H,8-12H2. The fraction of sp³-hybridized carbons (Fsp3) is 0.364. The van der Waals surface area contributed by atoms with Crippen LogP contribution in [-0.2, 0) is 22.2 Å². The van der Waals surface area contributed by atoms with E-state index in [1.165, 1.54) is 6.07 Å². The first-order valence-electron chi connectivity index (χ1n) is 10.0. The lowest BCUT2D eigenvalue weighted by Crippen LogP contribution is -2.51. The predicted molar refractivity (Wildman–Crippen MR) is 115 cm³/mol. The van der Waals surface area contributed by atoms with Crippen molar-refractivity contribution in [1.82, 2.24) is 4.90 Å². The summed E-state index contributed by atoms with van der Waals surface area (Å²) in [6.07, 6.45) is -3.49. The molecular weight excluding hydrogens is 475 g/mol. The van der Waals surface area contributed by atoms with Gasteiger partial charge < -0.3 is 15.1 Å². The highest BCUT2D eigenvalue weighted by molar-refractivity contribution is 9.10. The number of carbonyl (C=O) groups is 2. The number of anilines is 2. The zero-order valence-corrected chi connectivity index (χ0v) is 18.1. The van der Waals surface area contributed by atoms with Gasteiger partial charge in [0, 0.05) is 23.6 Å². The molecule has 9 heteroatoms. The van der Waals surface area contributed by atoms with Gasteiger partial charge in [-0.1, -0.05) is 34.1 Å². The average Bonchev–Trinajstić information content (AvgIpc) is 3.13. The van der Waals surface area contributed by atoms with Crippen molar-refractivity contribution in [3.63, 3.8) is 0 Å². The maximum atomic E-state index is 13.6. The molecule has 1 atom stereocenters. The monoisotopic (exact) mass is 495 g/mol. The van der Waals surface area contributed by atoms with E-state index in [4.69, 9.17) is 0 Å². The fourth-order valence-corrected chi connectivity index (χ4v) is 4.59. The topological polar surface area (TPSA) is 52.7 Å². The summed E-state index contributed by atoms with van der Waals surface area (Å²) in [5.41, 5.74) is 0.479. The first-order valence-corrected chi connectivity index (χ1v) is 10.8. The number of hydrogen-bond donors (Lipinski definition) is 1. The van der Waals surface area contributed by atoms with Gasteiger partial charge in [-0.2, -0.15) is 13.2 Å². The Labute approximate surface area is 186 Å². The molecule has 2 aromatic rings. The Balaban J connectivity index is 1.48. The van der Waals surface area contributed by atoms with Gasteiger partial charge in [-0.15, -0.1) is 0 Å². The normalized spacial score (nSPS) is 19.2. The summed E-state index contributed by atoms with van der Waals surface area (Å²) in [4.78, 5) is 27.6. The molecular formula is C22H21BrF3N3O2. The van der Waals surface area contributed by atoms with Crippen LogP contribution in [0.4, 0.5) is 24.5 Å². The van der Waals surface area contributed by atoms with E-state index < -0.39 is 17.9 Å². The van der Waals surface area contributed by atoms with Gasteiger partial charge >= 0.3 is 6.18 Å². The molecule has 0 aromatic heterocycles. The Morgan fingerprint density at radius 1 is 1.13 bits per heavy atom. The van der Waals surface area contributed by atoms with Crippen LogP contribution >= 0.6 is 15.9 Å². The Hall–Kier alpha value is -2.55. The van der Waals surface area contributed by atoms with E-state index in [-0.39, 0.29) is 24.1 Å². The molecule has 2 aliphatic rings. The number of aldehydes is 1. The van der Waals surface area contributed by atoms with Gasteiger partial charge in [0.05, 0.1) is 23.4 Å². The van der Waals surface area contributed by atoms with Gasteiger partial charge in [0.15, 0.2) is 12.5 Å². The number of halogens is 4. The highest BCUT2D eigenvalue weighted by Gasteiger charge is 2.43. The van der Waals surface area contributed by atoms with E-state index in [1.54, 1.807) is 15.9 Å². The fourth-order valence-electron chi connectivity index (χ4n) is 4.33. The Morgan fingerprint density at radius 3 is 2.42 bits per heavy atom. The number of piperidine rings is 1. The van der Waals surface area contributed by atoms with Crippen LogP contribution < -0.4 is 10.2 Å². The summed E-state index contributed by atoms with van der Waals surface area (Å²) in [5.74, 6) is -0.0105.